The number of hydrogen-bond donors (Lipinski definition) is 1. The summed E-state index contributed by atoms with van der Waals surface area (Å²) in [6, 6.07) is 6.14. The molecule has 0 aromatic heterocycles. The van der Waals surface area contributed by atoms with Crippen LogP contribution in [0.4, 0.5) is 0 Å². The van der Waals surface area contributed by atoms with E-state index in [1.54, 1.807) is 11.8 Å². The number of aliphatic hydroxyl groups is 1. The van der Waals surface area contributed by atoms with Crippen molar-refractivity contribution >= 4 is 5.91 Å². The summed E-state index contributed by atoms with van der Waals surface area (Å²) in [5.41, 5.74) is 2.25. The third kappa shape index (κ3) is 3.80. The maximum atomic E-state index is 12.5. The number of benzene rings is 1. The van der Waals surface area contributed by atoms with Crippen LogP contribution in [0.15, 0.2) is 18.2 Å². The lowest BCUT2D eigenvalue weighted by Crippen LogP contribution is -2.39. The van der Waals surface area contributed by atoms with Crippen LogP contribution in [0.2, 0.25) is 0 Å². The fourth-order valence-electron chi connectivity index (χ4n) is 2.90. The molecule has 1 heterocycles. The van der Waals surface area contributed by atoms with Gasteiger partial charge in [0.15, 0.2) is 6.10 Å². The molecule has 1 amide bonds. The van der Waals surface area contributed by atoms with Crippen LogP contribution in [0.1, 0.15) is 44.2 Å². The molecule has 1 fully saturated rings. The summed E-state index contributed by atoms with van der Waals surface area (Å²) in [7, 11) is 0. The van der Waals surface area contributed by atoms with E-state index in [9.17, 15) is 9.90 Å². The minimum absolute atomic E-state index is 0.00663. The van der Waals surface area contributed by atoms with Gasteiger partial charge in [0, 0.05) is 25.6 Å². The summed E-state index contributed by atoms with van der Waals surface area (Å²) in [6.45, 7) is 9.56. The molecule has 0 spiro atoms. The summed E-state index contributed by atoms with van der Waals surface area (Å²) < 4.78 is 5.98. The number of aryl methyl sites for hydroxylation is 1. The average molecular weight is 305 g/mol. The highest BCUT2D eigenvalue weighted by Crippen LogP contribution is 2.29. The van der Waals surface area contributed by atoms with Gasteiger partial charge in [0.05, 0.1) is 0 Å². The van der Waals surface area contributed by atoms with Crippen LogP contribution in [0, 0.1) is 12.8 Å². The first kappa shape index (κ1) is 16.8. The van der Waals surface area contributed by atoms with E-state index >= 15 is 0 Å². The molecule has 1 aliphatic heterocycles. The number of carbonyl (C=O) groups excluding carboxylic acids is 1. The fraction of sp³-hybridized carbons (Fsp3) is 0.611. The highest BCUT2D eigenvalue weighted by Gasteiger charge is 2.29. The Labute approximate surface area is 133 Å². The van der Waals surface area contributed by atoms with Gasteiger partial charge in [-0.1, -0.05) is 26.0 Å². The largest absolute Gasteiger partial charge is 0.481 e. The van der Waals surface area contributed by atoms with E-state index in [-0.39, 0.29) is 18.4 Å². The van der Waals surface area contributed by atoms with Crippen LogP contribution < -0.4 is 4.74 Å². The zero-order valence-electron chi connectivity index (χ0n) is 14.0. The molecule has 1 aromatic carbocycles. The van der Waals surface area contributed by atoms with Gasteiger partial charge in [-0.2, -0.15) is 0 Å². The molecule has 22 heavy (non-hydrogen) atoms. The van der Waals surface area contributed by atoms with Crippen molar-refractivity contribution in [3.8, 4) is 5.75 Å². The Bertz CT molecular complexity index is 527. The lowest BCUT2D eigenvalue weighted by molar-refractivity contribution is -0.137. The number of aliphatic hydroxyl groups excluding tert-OH is 1. The standard InChI is InChI=1S/C18H27NO3/c1-12(2)16-6-5-13(3)9-17(16)22-14(4)18(21)19-8-7-15(10-19)11-20/h5-6,9,12,14-15,20H,7-8,10-11H2,1-4H3. The first-order valence-electron chi connectivity index (χ1n) is 8.09. The van der Waals surface area contributed by atoms with Gasteiger partial charge in [0.1, 0.15) is 5.75 Å². The molecule has 2 rings (SSSR count). The Morgan fingerprint density at radius 3 is 2.73 bits per heavy atom. The van der Waals surface area contributed by atoms with Crippen LogP contribution in [0.5, 0.6) is 5.75 Å². The van der Waals surface area contributed by atoms with E-state index in [1.165, 1.54) is 0 Å². The number of ether oxygens (including phenoxy) is 1. The third-order valence-electron chi connectivity index (χ3n) is 4.30. The molecular weight excluding hydrogens is 278 g/mol. The van der Waals surface area contributed by atoms with Gasteiger partial charge in [-0.15, -0.1) is 0 Å². The molecule has 1 N–H and O–H groups in total. The Balaban J connectivity index is 2.07. The SMILES string of the molecule is Cc1ccc(C(C)C)c(OC(C)C(=O)N2CCC(CO)C2)c1. The molecule has 0 radical (unpaired) electrons. The van der Waals surface area contributed by atoms with E-state index in [4.69, 9.17) is 4.74 Å². The zero-order chi connectivity index (χ0) is 16.3. The summed E-state index contributed by atoms with van der Waals surface area (Å²) in [5.74, 6) is 1.37. The topological polar surface area (TPSA) is 49.8 Å². The average Bonchev–Trinajstić information content (AvgIpc) is 2.95. The van der Waals surface area contributed by atoms with Crippen molar-refractivity contribution in [2.75, 3.05) is 19.7 Å². The van der Waals surface area contributed by atoms with Gasteiger partial charge in [0.2, 0.25) is 0 Å². The van der Waals surface area contributed by atoms with Crippen LogP contribution in [0.25, 0.3) is 0 Å². The van der Waals surface area contributed by atoms with Crippen molar-refractivity contribution in [2.24, 2.45) is 5.92 Å². The number of nitrogens with zero attached hydrogens (tertiary/aromatic N) is 1. The quantitative estimate of drug-likeness (QED) is 0.910. The second-order valence-corrected chi connectivity index (χ2v) is 6.58. The second-order valence-electron chi connectivity index (χ2n) is 6.58. The van der Waals surface area contributed by atoms with E-state index in [0.29, 0.717) is 19.0 Å². The zero-order valence-corrected chi connectivity index (χ0v) is 14.0. The molecule has 0 bridgehead atoms. The van der Waals surface area contributed by atoms with Gasteiger partial charge in [0.25, 0.3) is 5.91 Å². The Morgan fingerprint density at radius 2 is 2.14 bits per heavy atom. The first-order chi connectivity index (χ1) is 10.4. The Kier molecular flexibility index (Phi) is 5.46. The Morgan fingerprint density at radius 1 is 1.41 bits per heavy atom. The fourth-order valence-corrected chi connectivity index (χ4v) is 2.90. The van der Waals surface area contributed by atoms with E-state index < -0.39 is 6.10 Å². The molecule has 4 heteroatoms. The van der Waals surface area contributed by atoms with Gasteiger partial charge >= 0.3 is 0 Å². The van der Waals surface area contributed by atoms with Crippen molar-refractivity contribution < 1.29 is 14.6 Å². The van der Waals surface area contributed by atoms with Crippen molar-refractivity contribution in [3.63, 3.8) is 0 Å². The van der Waals surface area contributed by atoms with Crippen LogP contribution in [-0.4, -0.2) is 41.7 Å². The maximum absolute atomic E-state index is 12.5. The van der Waals surface area contributed by atoms with Gasteiger partial charge in [-0.25, -0.2) is 0 Å². The smallest absolute Gasteiger partial charge is 0.263 e. The van der Waals surface area contributed by atoms with Gasteiger partial charge in [-0.05, 0) is 43.4 Å². The summed E-state index contributed by atoms with van der Waals surface area (Å²) in [4.78, 5) is 14.3. The number of amides is 1. The van der Waals surface area contributed by atoms with Crippen molar-refractivity contribution in [1.82, 2.24) is 4.90 Å². The van der Waals surface area contributed by atoms with Crippen molar-refractivity contribution in [1.29, 1.82) is 0 Å². The molecule has 1 saturated heterocycles. The molecule has 1 aromatic rings. The predicted octanol–water partition coefficient (Wildman–Crippen LogP) is 2.73. The maximum Gasteiger partial charge on any atom is 0.263 e. The van der Waals surface area contributed by atoms with Gasteiger partial charge < -0.3 is 14.7 Å². The summed E-state index contributed by atoms with van der Waals surface area (Å²) >= 11 is 0. The second kappa shape index (κ2) is 7.14. The minimum atomic E-state index is -0.503. The molecule has 1 aliphatic rings. The van der Waals surface area contributed by atoms with Crippen molar-refractivity contribution in [3.05, 3.63) is 29.3 Å². The van der Waals surface area contributed by atoms with E-state index in [1.807, 2.05) is 13.0 Å². The molecule has 4 nitrogen and oxygen atoms in total. The summed E-state index contributed by atoms with van der Waals surface area (Å²) in [6.07, 6.45) is 0.369. The first-order valence-corrected chi connectivity index (χ1v) is 8.09. The minimum Gasteiger partial charge on any atom is -0.481 e. The monoisotopic (exact) mass is 305 g/mol. The molecular formula is C18H27NO3. The number of hydrogen-bond acceptors (Lipinski definition) is 3. The molecule has 0 saturated carbocycles. The van der Waals surface area contributed by atoms with Crippen molar-refractivity contribution in [2.45, 2.75) is 46.1 Å². The molecule has 122 valence electrons. The lowest BCUT2D eigenvalue weighted by atomic mass is 10.0. The van der Waals surface area contributed by atoms with E-state index in [2.05, 4.69) is 26.0 Å². The number of carbonyl (C=O) groups is 1. The number of likely N-dealkylation sites (tertiary alicyclic amines) is 1. The van der Waals surface area contributed by atoms with Crippen LogP contribution in [-0.2, 0) is 4.79 Å². The highest BCUT2D eigenvalue weighted by molar-refractivity contribution is 5.81. The predicted molar refractivity (Wildman–Crippen MR) is 87.1 cm³/mol. The lowest BCUT2D eigenvalue weighted by Gasteiger charge is -2.23. The van der Waals surface area contributed by atoms with Crippen LogP contribution >= 0.6 is 0 Å². The third-order valence-corrected chi connectivity index (χ3v) is 4.30. The molecule has 2 atom stereocenters. The summed E-state index contributed by atoms with van der Waals surface area (Å²) in [5, 5.41) is 9.20. The Hall–Kier alpha value is -1.55. The molecule has 2 unspecified atom stereocenters. The van der Waals surface area contributed by atoms with Crippen LogP contribution in [0.3, 0.4) is 0 Å². The normalized spacial score (nSPS) is 19.5. The molecule has 0 aliphatic carbocycles. The number of rotatable bonds is 5. The van der Waals surface area contributed by atoms with E-state index in [0.717, 1.165) is 23.3 Å². The van der Waals surface area contributed by atoms with Gasteiger partial charge in [-0.3, -0.25) is 4.79 Å². The highest BCUT2D eigenvalue weighted by atomic mass is 16.5.